The molecule has 0 heterocycles. The summed E-state index contributed by atoms with van der Waals surface area (Å²) in [7, 11) is 0. The lowest BCUT2D eigenvalue weighted by atomic mass is 9.99. The van der Waals surface area contributed by atoms with Crippen LogP contribution in [0.1, 0.15) is 167 Å². The Morgan fingerprint density at radius 1 is 0.468 bits per heavy atom. The second-order valence-electron chi connectivity index (χ2n) is 17.7. The smallest absolute Gasteiger partial charge is 0.0661 e. The Balaban J connectivity index is 0.000000314. The number of nitriles is 3. The molecule has 4 rings (SSSR count). The molecule has 3 nitrogen and oxygen atoms in total. The molecule has 4 aliphatic carbocycles. The van der Waals surface area contributed by atoms with Gasteiger partial charge in [-0.15, -0.1) is 0 Å². The van der Waals surface area contributed by atoms with Crippen LogP contribution in [0.4, 0.5) is 0 Å². The zero-order valence-electron chi connectivity index (χ0n) is 32.9. The van der Waals surface area contributed by atoms with Crippen LogP contribution in [-0.4, -0.2) is 0 Å². The molecular weight excluding hydrogens is 571 g/mol. The molecule has 0 N–H and O–H groups in total. The lowest BCUT2D eigenvalue weighted by molar-refractivity contribution is 0.479. The molecule has 0 amide bonds. The van der Waals surface area contributed by atoms with E-state index in [4.69, 9.17) is 15.8 Å². The first kappa shape index (κ1) is 42.5. The molecule has 47 heavy (non-hydrogen) atoms. The summed E-state index contributed by atoms with van der Waals surface area (Å²) in [5.74, 6) is 1.99. The van der Waals surface area contributed by atoms with Crippen LogP contribution >= 0.6 is 0 Å². The van der Waals surface area contributed by atoms with Crippen LogP contribution in [0.15, 0.2) is 46.6 Å². The monoisotopic (exact) mass is 642 g/mol. The fourth-order valence-electron chi connectivity index (χ4n) is 6.41. The summed E-state index contributed by atoms with van der Waals surface area (Å²) < 4.78 is 0. The highest BCUT2D eigenvalue weighted by Crippen LogP contribution is 2.57. The van der Waals surface area contributed by atoms with Crippen LogP contribution in [0, 0.1) is 79.3 Å². The van der Waals surface area contributed by atoms with Crippen LogP contribution in [0.2, 0.25) is 0 Å². The third-order valence-electron chi connectivity index (χ3n) is 11.4. The lowest BCUT2D eigenvalue weighted by Gasteiger charge is -2.06. The molecule has 0 aromatic rings. The minimum Gasteiger partial charge on any atom is -0.198 e. The normalized spacial score (nSPS) is 33.0. The quantitative estimate of drug-likeness (QED) is 0.199. The van der Waals surface area contributed by atoms with E-state index in [0.717, 1.165) is 44.4 Å². The van der Waals surface area contributed by atoms with Gasteiger partial charge in [0.25, 0.3) is 0 Å². The van der Waals surface area contributed by atoms with E-state index in [1.807, 2.05) is 0 Å². The maximum absolute atomic E-state index is 8.68. The molecule has 4 aliphatic rings. The Labute approximate surface area is 292 Å². The van der Waals surface area contributed by atoms with Gasteiger partial charge in [0.15, 0.2) is 0 Å². The van der Waals surface area contributed by atoms with E-state index in [0.29, 0.717) is 39.4 Å². The highest BCUT2D eigenvalue weighted by molar-refractivity contribution is 5.12. The van der Waals surface area contributed by atoms with Gasteiger partial charge in [-0.1, -0.05) is 81.2 Å². The number of nitrogens with zero attached hydrogens (tertiary/aromatic N) is 3. The summed E-state index contributed by atoms with van der Waals surface area (Å²) >= 11 is 0. The van der Waals surface area contributed by atoms with Gasteiger partial charge in [-0.2, -0.15) is 15.8 Å². The average Bonchev–Trinajstić information content (AvgIpc) is 3.92. The fraction of sp³-hybridized carbons (Fsp3) is 0.750. The topological polar surface area (TPSA) is 71.4 Å². The van der Waals surface area contributed by atoms with Crippen LogP contribution in [0.5, 0.6) is 0 Å². The van der Waals surface area contributed by atoms with E-state index in [-0.39, 0.29) is 0 Å². The molecule has 0 aliphatic heterocycles. The van der Waals surface area contributed by atoms with Crippen LogP contribution in [0.25, 0.3) is 0 Å². The van der Waals surface area contributed by atoms with Gasteiger partial charge < -0.3 is 0 Å². The minimum atomic E-state index is 0.336. The first-order valence-electron chi connectivity index (χ1n) is 18.5. The number of allylic oxidation sites excluding steroid dienone is 8. The molecule has 262 valence electrons. The third-order valence-corrected chi connectivity index (χ3v) is 11.4. The summed E-state index contributed by atoms with van der Waals surface area (Å²) in [6.45, 7) is 28.5. The minimum absolute atomic E-state index is 0.336. The Hall–Kier alpha value is -2.57. The average molecular weight is 642 g/mol. The van der Waals surface area contributed by atoms with Crippen molar-refractivity contribution < 1.29 is 0 Å². The van der Waals surface area contributed by atoms with Crippen LogP contribution in [0.3, 0.4) is 0 Å². The van der Waals surface area contributed by atoms with Crippen molar-refractivity contribution in [2.24, 2.45) is 45.3 Å². The van der Waals surface area contributed by atoms with E-state index in [9.17, 15) is 0 Å². The number of rotatable bonds is 12. The van der Waals surface area contributed by atoms with Gasteiger partial charge >= 0.3 is 0 Å². The summed E-state index contributed by atoms with van der Waals surface area (Å²) in [4.78, 5) is 0. The summed E-state index contributed by atoms with van der Waals surface area (Å²) in [5.41, 5.74) is 7.35. The van der Waals surface area contributed by atoms with Gasteiger partial charge in [0, 0.05) is 0 Å². The van der Waals surface area contributed by atoms with Crippen LogP contribution in [-0.2, 0) is 0 Å². The molecule has 8 atom stereocenters. The van der Waals surface area contributed by atoms with Gasteiger partial charge in [0.05, 0.1) is 36.0 Å². The second kappa shape index (κ2) is 18.8. The number of hydrogen-bond donors (Lipinski definition) is 0. The molecular formula is C44H71N3. The van der Waals surface area contributed by atoms with Crippen molar-refractivity contribution in [3.8, 4) is 18.2 Å². The number of hydrogen-bond acceptors (Lipinski definition) is 3. The Morgan fingerprint density at radius 2 is 0.681 bits per heavy atom. The Bertz CT molecular complexity index is 1120. The first-order chi connectivity index (χ1) is 21.8. The lowest BCUT2D eigenvalue weighted by Crippen LogP contribution is -1.95. The highest BCUT2D eigenvalue weighted by Gasteiger charge is 2.50. The maximum Gasteiger partial charge on any atom is 0.0661 e. The van der Waals surface area contributed by atoms with Crippen molar-refractivity contribution in [1.82, 2.24) is 0 Å². The van der Waals surface area contributed by atoms with Gasteiger partial charge in [-0.05, 0) is 160 Å². The Morgan fingerprint density at radius 3 is 0.830 bits per heavy atom. The van der Waals surface area contributed by atoms with Crippen molar-refractivity contribution in [2.45, 2.75) is 167 Å². The van der Waals surface area contributed by atoms with Gasteiger partial charge in [0.1, 0.15) is 0 Å². The first-order valence-corrected chi connectivity index (χ1v) is 18.5. The molecule has 0 radical (unpaired) electrons. The third kappa shape index (κ3) is 16.4. The SMILES string of the molecule is CC(C)=CCC[C@@]1(C)C[C@@H]1C#N.CC(C)=CCC[C@@]1(C)C[C@H]1C#N.CC(C)=CCC[C@]1(C)C[C@@H]1C.CC(C)=CCC[C@]1(C)C[C@H]1C#N. The van der Waals surface area contributed by atoms with Gasteiger partial charge in [-0.3, -0.25) is 0 Å². The molecule has 0 unspecified atom stereocenters. The molecule has 0 spiro atoms. The summed E-state index contributed by atoms with van der Waals surface area (Å²) in [5, 5.41) is 26.1. The molecule has 0 saturated heterocycles. The Kier molecular flexibility index (Phi) is 17.0. The van der Waals surface area contributed by atoms with E-state index >= 15 is 0 Å². The van der Waals surface area contributed by atoms with Crippen LogP contribution < -0.4 is 0 Å². The molecule has 0 aromatic carbocycles. The van der Waals surface area contributed by atoms with Crippen molar-refractivity contribution in [2.75, 3.05) is 0 Å². The molecule has 0 bridgehead atoms. The van der Waals surface area contributed by atoms with Crippen molar-refractivity contribution in [1.29, 1.82) is 15.8 Å². The zero-order valence-corrected chi connectivity index (χ0v) is 32.9. The molecule has 0 aromatic heterocycles. The summed E-state index contributed by atoms with van der Waals surface area (Å²) in [6, 6.07) is 7.04. The van der Waals surface area contributed by atoms with Crippen molar-refractivity contribution >= 4 is 0 Å². The van der Waals surface area contributed by atoms with Gasteiger partial charge in [-0.25, -0.2) is 0 Å². The van der Waals surface area contributed by atoms with Crippen molar-refractivity contribution in [3.05, 3.63) is 46.6 Å². The fourth-order valence-corrected chi connectivity index (χ4v) is 6.41. The van der Waals surface area contributed by atoms with Crippen molar-refractivity contribution in [3.63, 3.8) is 0 Å². The molecule has 4 fully saturated rings. The van der Waals surface area contributed by atoms with E-state index in [1.165, 1.54) is 60.8 Å². The predicted molar refractivity (Wildman–Crippen MR) is 202 cm³/mol. The maximum atomic E-state index is 8.68. The second-order valence-corrected chi connectivity index (χ2v) is 17.7. The summed E-state index contributed by atoms with van der Waals surface area (Å²) in [6.07, 6.45) is 23.5. The predicted octanol–water partition coefficient (Wildman–Crippen LogP) is 13.6. The highest BCUT2D eigenvalue weighted by atomic mass is 14.5. The van der Waals surface area contributed by atoms with E-state index in [2.05, 4.69) is 133 Å². The van der Waals surface area contributed by atoms with Gasteiger partial charge in [0.2, 0.25) is 0 Å². The zero-order chi connectivity index (χ0) is 36.1. The standard InChI is InChI=1S/3C11H17N.C11H20/c3*1-9(2)5-4-6-11(3)7-10(11)8-12;1-9(2)6-5-7-11(4)8-10(11)3/h3*5,10H,4,6-7H2,1-3H3;6,10H,5,7-8H2,1-4H3/t2*10-,11+;10-,11-;10-,11+/m1000/s1. The molecule has 4 saturated carbocycles. The van der Waals surface area contributed by atoms with E-state index < -0.39 is 0 Å². The van der Waals surface area contributed by atoms with E-state index in [1.54, 1.807) is 0 Å². The largest absolute Gasteiger partial charge is 0.198 e. The molecule has 3 heteroatoms.